The van der Waals surface area contributed by atoms with Crippen LogP contribution >= 0.6 is 11.6 Å². The maximum atomic E-state index is 11.4. The van der Waals surface area contributed by atoms with Crippen LogP contribution in [0.3, 0.4) is 0 Å². The topological polar surface area (TPSA) is 73.0 Å². The number of esters is 1. The van der Waals surface area contributed by atoms with E-state index in [9.17, 15) is 9.70 Å². The van der Waals surface area contributed by atoms with Gasteiger partial charge in [-0.1, -0.05) is 11.6 Å². The number of nitrogens with zero attached hydrogens (tertiary/aromatic N) is 3. The molecular weight excluding hydrogens is 258 g/mol. The number of ether oxygens (including phenoxy) is 1. The smallest absolute Gasteiger partial charge is 0.312 e. The predicted octanol–water partition coefficient (Wildman–Crippen LogP) is 2.49. The number of halogens is 1. The first-order chi connectivity index (χ1) is 8.65. The number of nitroso groups, excluding NO2 is 1. The van der Waals surface area contributed by atoms with Gasteiger partial charge in [-0.05, 0) is 18.2 Å². The molecule has 0 saturated heterocycles. The number of hydrogen-bond donors (Lipinski definition) is 0. The standard InChI is InChI=1S/C11H10ClN3O3/c1-2-18-10(16)6-8-11(14-17)15-4-3-7(12)5-9(15)13-8/h3-5H,2,6H2,1H3. The third-order valence-electron chi connectivity index (χ3n) is 2.34. The quantitative estimate of drug-likeness (QED) is 0.630. The summed E-state index contributed by atoms with van der Waals surface area (Å²) in [5.74, 6) is -0.355. The lowest BCUT2D eigenvalue weighted by Crippen LogP contribution is -2.07. The number of hydrogen-bond acceptors (Lipinski definition) is 5. The van der Waals surface area contributed by atoms with Gasteiger partial charge in [0, 0.05) is 17.3 Å². The molecule has 0 spiro atoms. The fraction of sp³-hybridized carbons (Fsp3) is 0.273. The molecule has 0 N–H and O–H groups in total. The SMILES string of the molecule is CCOC(=O)Cc1nc2cc(Cl)ccn2c1N=O. The second-order valence-electron chi connectivity index (χ2n) is 3.53. The molecule has 0 aromatic carbocycles. The monoisotopic (exact) mass is 267 g/mol. The molecule has 0 fully saturated rings. The molecule has 0 unspecified atom stereocenters. The van der Waals surface area contributed by atoms with Gasteiger partial charge in [-0.2, -0.15) is 0 Å². The highest BCUT2D eigenvalue weighted by atomic mass is 35.5. The van der Waals surface area contributed by atoms with Gasteiger partial charge in [0.2, 0.25) is 5.82 Å². The van der Waals surface area contributed by atoms with E-state index in [1.165, 1.54) is 4.40 Å². The minimum absolute atomic E-state index is 0.0891. The van der Waals surface area contributed by atoms with Crippen LogP contribution in [0.15, 0.2) is 23.5 Å². The van der Waals surface area contributed by atoms with Crippen LogP contribution in [-0.4, -0.2) is 22.0 Å². The zero-order valence-corrected chi connectivity index (χ0v) is 10.3. The number of fused-ring (bicyclic) bond motifs is 1. The van der Waals surface area contributed by atoms with Gasteiger partial charge >= 0.3 is 5.97 Å². The molecule has 18 heavy (non-hydrogen) atoms. The highest BCUT2D eigenvalue weighted by molar-refractivity contribution is 6.30. The van der Waals surface area contributed by atoms with Gasteiger partial charge in [-0.3, -0.25) is 9.20 Å². The Bertz CT molecular complexity index is 609. The Morgan fingerprint density at radius 1 is 1.61 bits per heavy atom. The zero-order chi connectivity index (χ0) is 13.1. The first-order valence-electron chi connectivity index (χ1n) is 5.31. The van der Waals surface area contributed by atoms with Gasteiger partial charge in [0.05, 0.1) is 13.0 Å². The van der Waals surface area contributed by atoms with Crippen molar-refractivity contribution in [3.05, 3.63) is 34.0 Å². The summed E-state index contributed by atoms with van der Waals surface area (Å²) in [6.45, 7) is 1.99. The van der Waals surface area contributed by atoms with Gasteiger partial charge < -0.3 is 4.74 Å². The largest absolute Gasteiger partial charge is 0.466 e. The molecule has 0 aliphatic heterocycles. The predicted molar refractivity (Wildman–Crippen MR) is 66.0 cm³/mol. The maximum Gasteiger partial charge on any atom is 0.312 e. The summed E-state index contributed by atoms with van der Waals surface area (Å²) in [6, 6.07) is 3.20. The van der Waals surface area contributed by atoms with Crippen molar-refractivity contribution >= 4 is 29.0 Å². The van der Waals surface area contributed by atoms with Gasteiger partial charge in [0.15, 0.2) is 0 Å². The van der Waals surface area contributed by atoms with E-state index in [-0.39, 0.29) is 24.5 Å². The van der Waals surface area contributed by atoms with Crippen molar-refractivity contribution in [2.24, 2.45) is 5.18 Å². The summed E-state index contributed by atoms with van der Waals surface area (Å²) in [7, 11) is 0. The summed E-state index contributed by atoms with van der Waals surface area (Å²) in [5, 5.41) is 3.39. The van der Waals surface area contributed by atoms with Gasteiger partial charge in [0.25, 0.3) is 0 Å². The molecule has 2 rings (SSSR count). The zero-order valence-electron chi connectivity index (χ0n) is 9.59. The highest BCUT2D eigenvalue weighted by Crippen LogP contribution is 2.23. The fourth-order valence-corrected chi connectivity index (χ4v) is 1.77. The van der Waals surface area contributed by atoms with Crippen molar-refractivity contribution in [2.75, 3.05) is 6.61 Å². The Balaban J connectivity index is 2.43. The van der Waals surface area contributed by atoms with E-state index < -0.39 is 5.97 Å². The summed E-state index contributed by atoms with van der Waals surface area (Å²) < 4.78 is 6.29. The minimum Gasteiger partial charge on any atom is -0.466 e. The molecule has 2 aromatic rings. The van der Waals surface area contributed by atoms with Crippen LogP contribution < -0.4 is 0 Å². The minimum atomic E-state index is -0.447. The van der Waals surface area contributed by atoms with Crippen LogP contribution in [-0.2, 0) is 16.0 Å². The third kappa shape index (κ3) is 2.33. The number of carbonyl (C=O) groups excluding carboxylic acids is 1. The van der Waals surface area contributed by atoms with Crippen molar-refractivity contribution in [3.63, 3.8) is 0 Å². The van der Waals surface area contributed by atoms with Crippen molar-refractivity contribution in [2.45, 2.75) is 13.3 Å². The Hall–Kier alpha value is -1.95. The molecule has 94 valence electrons. The lowest BCUT2D eigenvalue weighted by molar-refractivity contribution is -0.142. The number of rotatable bonds is 4. The number of carbonyl (C=O) groups is 1. The number of pyridine rings is 1. The molecule has 0 amide bonds. The van der Waals surface area contributed by atoms with E-state index in [0.29, 0.717) is 10.7 Å². The first kappa shape index (κ1) is 12.5. The van der Waals surface area contributed by atoms with Gasteiger partial charge in [-0.25, -0.2) is 4.98 Å². The summed E-state index contributed by atoms with van der Waals surface area (Å²) >= 11 is 5.83. The molecule has 6 nitrogen and oxygen atoms in total. The molecule has 0 saturated carbocycles. The number of aromatic nitrogens is 2. The van der Waals surface area contributed by atoms with Crippen LogP contribution in [0.5, 0.6) is 0 Å². The van der Waals surface area contributed by atoms with Crippen LogP contribution in [0.2, 0.25) is 5.02 Å². The van der Waals surface area contributed by atoms with E-state index in [1.54, 1.807) is 25.3 Å². The average Bonchev–Trinajstić information content (AvgIpc) is 2.65. The van der Waals surface area contributed by atoms with Crippen molar-refractivity contribution in [1.82, 2.24) is 9.38 Å². The normalized spacial score (nSPS) is 10.6. The summed E-state index contributed by atoms with van der Waals surface area (Å²) in [5.41, 5.74) is 0.752. The fourth-order valence-electron chi connectivity index (χ4n) is 1.62. The third-order valence-corrected chi connectivity index (χ3v) is 2.57. The van der Waals surface area contributed by atoms with Crippen LogP contribution in [0.25, 0.3) is 5.65 Å². The Morgan fingerprint density at radius 3 is 3.06 bits per heavy atom. The molecule has 7 heteroatoms. The van der Waals surface area contributed by atoms with Gasteiger partial charge in [0.1, 0.15) is 11.3 Å². The second kappa shape index (κ2) is 5.14. The first-order valence-corrected chi connectivity index (χ1v) is 5.69. The molecule has 2 heterocycles. The van der Waals surface area contributed by atoms with E-state index in [2.05, 4.69) is 10.2 Å². The van der Waals surface area contributed by atoms with Gasteiger partial charge in [-0.15, -0.1) is 4.91 Å². The molecule has 0 atom stereocenters. The Morgan fingerprint density at radius 2 is 2.39 bits per heavy atom. The van der Waals surface area contributed by atoms with E-state index >= 15 is 0 Å². The van der Waals surface area contributed by atoms with E-state index in [4.69, 9.17) is 16.3 Å². The van der Waals surface area contributed by atoms with Crippen LogP contribution in [0.4, 0.5) is 5.82 Å². The molecule has 0 radical (unpaired) electrons. The molecule has 0 aliphatic rings. The lowest BCUT2D eigenvalue weighted by atomic mass is 10.3. The Labute approximate surface area is 108 Å². The van der Waals surface area contributed by atoms with E-state index in [1.807, 2.05) is 0 Å². The molecular formula is C11H10ClN3O3. The average molecular weight is 268 g/mol. The molecule has 2 aromatic heterocycles. The summed E-state index contributed by atoms with van der Waals surface area (Å²) in [4.78, 5) is 26.4. The van der Waals surface area contributed by atoms with Crippen LogP contribution in [0, 0.1) is 4.91 Å². The molecule has 0 bridgehead atoms. The highest BCUT2D eigenvalue weighted by Gasteiger charge is 2.16. The summed E-state index contributed by atoms with van der Waals surface area (Å²) in [6.07, 6.45) is 1.49. The maximum absolute atomic E-state index is 11.4. The molecule has 0 aliphatic carbocycles. The second-order valence-corrected chi connectivity index (χ2v) is 3.96. The lowest BCUT2D eigenvalue weighted by Gasteiger charge is -1.98. The van der Waals surface area contributed by atoms with Crippen LogP contribution in [0.1, 0.15) is 12.6 Å². The Kier molecular flexibility index (Phi) is 3.57. The van der Waals surface area contributed by atoms with Crippen molar-refractivity contribution in [1.29, 1.82) is 0 Å². The van der Waals surface area contributed by atoms with Crippen molar-refractivity contribution in [3.8, 4) is 0 Å². The number of imidazole rings is 1. The van der Waals surface area contributed by atoms with Crippen molar-refractivity contribution < 1.29 is 9.53 Å². The van der Waals surface area contributed by atoms with E-state index in [0.717, 1.165) is 0 Å².